The molecule has 0 saturated heterocycles. The Morgan fingerprint density at radius 3 is 1.43 bits per heavy atom. The molecule has 4 atom stereocenters. The minimum Gasteiger partial charge on any atom is -1.00 e. The van der Waals surface area contributed by atoms with Crippen molar-refractivity contribution in [3.8, 4) is 0 Å². The van der Waals surface area contributed by atoms with Crippen LogP contribution in [0.5, 0.6) is 0 Å². The summed E-state index contributed by atoms with van der Waals surface area (Å²) in [4.78, 5) is 0. The first kappa shape index (κ1) is 21.1. The van der Waals surface area contributed by atoms with E-state index in [1.54, 1.807) is 0 Å². The maximum Gasteiger partial charge on any atom is 4.00 e. The van der Waals surface area contributed by atoms with Crippen LogP contribution in [0.2, 0.25) is 0 Å². The molecule has 0 spiro atoms. The number of hydrogen-bond donors (Lipinski definition) is 0. The Labute approximate surface area is 156 Å². The Hall–Kier alpha value is 0.133. The zero-order valence-electron chi connectivity index (χ0n) is 12.8. The van der Waals surface area contributed by atoms with Crippen molar-refractivity contribution in [1.82, 2.24) is 0 Å². The maximum atomic E-state index is 2.42. The maximum absolute atomic E-state index is 2.42. The van der Waals surface area contributed by atoms with Crippen LogP contribution < -0.4 is 12.4 Å². The average molecular weight is 380 g/mol. The van der Waals surface area contributed by atoms with Crippen LogP contribution in [0.4, 0.5) is 0 Å². The van der Waals surface area contributed by atoms with E-state index in [2.05, 4.69) is 61.4 Å². The second-order valence-electron chi connectivity index (χ2n) is 5.65. The van der Waals surface area contributed by atoms with E-state index in [-0.39, 0.29) is 46.0 Å². The number of hydrogen-bond acceptors (Lipinski definition) is 0. The van der Waals surface area contributed by atoms with Crippen LogP contribution in [-0.2, 0) is 26.2 Å². The minimum atomic E-state index is 0. The number of rotatable bonds is 0. The van der Waals surface area contributed by atoms with Gasteiger partial charge < -0.3 is 32.7 Å². The fraction of sp³-hybridized carbons (Fsp3) is 0.421. The zero-order chi connectivity index (χ0) is 12.2. The fourth-order valence-corrected chi connectivity index (χ4v) is 3.39. The van der Waals surface area contributed by atoms with Crippen LogP contribution >= 0.6 is 0 Å². The van der Waals surface area contributed by atoms with Gasteiger partial charge >= 0.3 is 26.2 Å². The molecular weight excluding hydrogens is 355 g/mol. The van der Waals surface area contributed by atoms with Crippen LogP contribution in [0.3, 0.4) is 0 Å². The van der Waals surface area contributed by atoms with Crippen molar-refractivity contribution in [1.29, 1.82) is 0 Å². The molecule has 21 heavy (non-hydrogen) atoms. The summed E-state index contributed by atoms with van der Waals surface area (Å²) in [6.07, 6.45) is 28.1. The zero-order valence-corrected chi connectivity index (χ0v) is 16.0. The van der Waals surface area contributed by atoms with E-state index in [1.807, 2.05) is 0 Å². The van der Waals surface area contributed by atoms with Crippen molar-refractivity contribution in [3.63, 3.8) is 0 Å². The van der Waals surface area contributed by atoms with Gasteiger partial charge in [-0.1, -0.05) is 49.3 Å². The van der Waals surface area contributed by atoms with E-state index < -0.39 is 0 Å². The Morgan fingerprint density at radius 1 is 0.667 bits per heavy atom. The van der Waals surface area contributed by atoms with Gasteiger partial charge in [0.1, 0.15) is 0 Å². The van der Waals surface area contributed by atoms with E-state index in [1.165, 1.54) is 25.7 Å². The quantitative estimate of drug-likeness (QED) is 0.565. The van der Waals surface area contributed by atoms with E-state index in [0.717, 1.165) is 23.7 Å². The molecule has 0 radical (unpaired) electrons. The van der Waals surface area contributed by atoms with Gasteiger partial charge in [-0.2, -0.15) is 12.8 Å². The van der Waals surface area contributed by atoms with Crippen molar-refractivity contribution in [3.05, 3.63) is 68.9 Å². The molecule has 4 rings (SSSR count). The largest absolute Gasteiger partial charge is 4.00 e. The molecule has 2 heteroatoms. The summed E-state index contributed by atoms with van der Waals surface area (Å²) < 4.78 is 0. The van der Waals surface area contributed by atoms with Gasteiger partial charge in [0.05, 0.1) is 0 Å². The van der Waals surface area contributed by atoms with E-state index in [0.29, 0.717) is 0 Å². The summed E-state index contributed by atoms with van der Waals surface area (Å²) in [5, 5.41) is 0. The summed E-state index contributed by atoms with van der Waals surface area (Å²) in [6.45, 7) is 0. The van der Waals surface area contributed by atoms with E-state index >= 15 is 0 Å². The molecule has 0 heterocycles. The van der Waals surface area contributed by atoms with Gasteiger partial charge in [-0.3, -0.25) is 0 Å². The van der Waals surface area contributed by atoms with Gasteiger partial charge in [0.25, 0.3) is 0 Å². The third kappa shape index (κ3) is 5.68. The predicted octanol–water partition coefficient (Wildman–Crippen LogP) is 2.14. The number of allylic oxidation sites excluding steroid dienone is 8. The molecule has 4 unspecified atom stereocenters. The van der Waals surface area contributed by atoms with Gasteiger partial charge in [0, 0.05) is 0 Å². The smallest absolute Gasteiger partial charge is 1.00 e. The molecular formula is C19H25ClZr. The van der Waals surface area contributed by atoms with Crippen LogP contribution in [0.1, 0.15) is 25.7 Å². The second kappa shape index (κ2) is 10.8. The molecule has 112 valence electrons. The molecule has 4 aliphatic rings. The molecule has 0 nitrogen and oxygen atoms in total. The van der Waals surface area contributed by atoms with Crippen molar-refractivity contribution in [2.24, 2.45) is 23.7 Å². The Bertz CT molecular complexity index is 320. The van der Waals surface area contributed by atoms with Crippen LogP contribution in [-0.4, -0.2) is 0 Å². The van der Waals surface area contributed by atoms with Gasteiger partial charge in [0.2, 0.25) is 0 Å². The van der Waals surface area contributed by atoms with Gasteiger partial charge in [0.15, 0.2) is 0 Å². The number of halogens is 1. The number of fused-ring (bicyclic) bond motifs is 2. The molecule has 0 aromatic carbocycles. The molecule has 2 fully saturated rings. The van der Waals surface area contributed by atoms with Crippen molar-refractivity contribution < 1.29 is 38.6 Å². The Balaban J connectivity index is 0.000000333. The molecule has 0 amide bonds. The molecule has 0 N–H and O–H groups in total. The SMILES string of the molecule is C1=CC2[CH-]CCC2C=C1.C1=CC2[CH-]CCC2C=C1.[CH3-].[Cl-].[Zr+4]. The molecule has 0 aromatic heterocycles. The summed E-state index contributed by atoms with van der Waals surface area (Å²) >= 11 is 0. The topological polar surface area (TPSA) is 0 Å². The summed E-state index contributed by atoms with van der Waals surface area (Å²) in [7, 11) is 0. The van der Waals surface area contributed by atoms with Crippen LogP contribution in [0, 0.1) is 43.9 Å². The monoisotopic (exact) mass is 378 g/mol. The van der Waals surface area contributed by atoms with Crippen molar-refractivity contribution in [2.75, 3.05) is 0 Å². The van der Waals surface area contributed by atoms with Gasteiger partial charge in [-0.15, -0.1) is 24.0 Å². The second-order valence-corrected chi connectivity index (χ2v) is 5.65. The average Bonchev–Trinajstić information content (AvgIpc) is 3.08. The van der Waals surface area contributed by atoms with Crippen LogP contribution in [0.25, 0.3) is 0 Å². The first-order valence-electron chi connectivity index (χ1n) is 7.30. The van der Waals surface area contributed by atoms with Gasteiger partial charge in [-0.25, -0.2) is 0 Å². The summed E-state index contributed by atoms with van der Waals surface area (Å²) in [5.41, 5.74) is 0. The van der Waals surface area contributed by atoms with Gasteiger partial charge in [-0.05, 0) is 11.8 Å². The van der Waals surface area contributed by atoms with E-state index in [9.17, 15) is 0 Å². The molecule has 4 aliphatic carbocycles. The van der Waals surface area contributed by atoms with Crippen LogP contribution in [0.15, 0.2) is 48.6 Å². The minimum absolute atomic E-state index is 0. The molecule has 0 bridgehead atoms. The third-order valence-corrected chi connectivity index (χ3v) is 4.47. The molecule has 0 aromatic rings. The van der Waals surface area contributed by atoms with Crippen molar-refractivity contribution in [2.45, 2.75) is 25.7 Å². The molecule has 0 aliphatic heterocycles. The molecule has 2 saturated carbocycles. The summed E-state index contributed by atoms with van der Waals surface area (Å²) in [5.74, 6) is 3.23. The van der Waals surface area contributed by atoms with E-state index in [4.69, 9.17) is 0 Å². The first-order valence-corrected chi connectivity index (χ1v) is 7.30. The Kier molecular flexibility index (Phi) is 10.9. The fourth-order valence-electron chi connectivity index (χ4n) is 3.39. The normalized spacial score (nSPS) is 33.5. The third-order valence-electron chi connectivity index (χ3n) is 4.47. The summed E-state index contributed by atoms with van der Waals surface area (Å²) in [6, 6.07) is 0. The standard InChI is InChI=1S/2C9H11.CH3.ClH.Zr/c2*1-2-5-9-7-3-6-8(9)4-1;;;/h2*1-2,4-6,8-9H,3,7H2;1H3;1H;/q3*-1;;+4/p-1. The first-order chi connectivity index (χ1) is 8.93. The Morgan fingerprint density at radius 2 is 1.05 bits per heavy atom. The van der Waals surface area contributed by atoms with Crippen molar-refractivity contribution >= 4 is 0 Å². The predicted molar refractivity (Wildman–Crippen MR) is 84.0 cm³/mol.